The number of rotatable bonds is 4. The summed E-state index contributed by atoms with van der Waals surface area (Å²) in [5, 5.41) is 1.03. The monoisotopic (exact) mass is 317 g/mol. The van der Waals surface area contributed by atoms with Crippen LogP contribution in [-0.4, -0.2) is 43.4 Å². The summed E-state index contributed by atoms with van der Waals surface area (Å²) in [5.74, 6) is -0.388. The predicted molar refractivity (Wildman–Crippen MR) is 92.0 cm³/mol. The summed E-state index contributed by atoms with van der Waals surface area (Å²) in [4.78, 5) is 24.1. The first kappa shape index (κ1) is 16.2. The average molecular weight is 317 g/mol. The first-order valence-corrected chi connectivity index (χ1v) is 7.61. The van der Waals surface area contributed by atoms with Crippen molar-refractivity contribution in [2.45, 2.75) is 13.8 Å². The first-order valence-electron chi connectivity index (χ1n) is 6.79. The van der Waals surface area contributed by atoms with Crippen molar-refractivity contribution in [3.63, 3.8) is 0 Å². The molecule has 0 aliphatic carbocycles. The van der Waals surface area contributed by atoms with E-state index in [9.17, 15) is 4.79 Å². The minimum absolute atomic E-state index is 0.388. The Kier molecular flexibility index (Phi) is 4.92. The molecule has 0 amide bonds. The standard InChI is InChI=1S/C16H19N3O2S/c1-10-8-11(2)18-16-14(10)15(17-9-19(3)4)12(22-16)6-7-13(20)21-5/h6-9H,1-5H3. The fraction of sp³-hybridized carbons (Fsp3) is 0.312. The number of aromatic nitrogens is 1. The predicted octanol–water partition coefficient (Wildman–Crippen LogP) is 3.32. The van der Waals surface area contributed by atoms with Gasteiger partial charge in [0.1, 0.15) is 4.83 Å². The molecule has 0 unspecified atom stereocenters. The molecule has 0 aliphatic heterocycles. The van der Waals surface area contributed by atoms with E-state index < -0.39 is 0 Å². The molecule has 0 fully saturated rings. The summed E-state index contributed by atoms with van der Waals surface area (Å²) in [7, 11) is 5.19. The third-order valence-electron chi connectivity index (χ3n) is 2.98. The van der Waals surface area contributed by atoms with Crippen LogP contribution in [0.5, 0.6) is 0 Å². The molecule has 0 N–H and O–H groups in total. The minimum Gasteiger partial charge on any atom is -0.466 e. The van der Waals surface area contributed by atoms with Gasteiger partial charge in [-0.1, -0.05) is 0 Å². The highest BCUT2D eigenvalue weighted by Crippen LogP contribution is 2.39. The van der Waals surface area contributed by atoms with Crippen LogP contribution in [0.4, 0.5) is 5.69 Å². The van der Waals surface area contributed by atoms with E-state index in [1.54, 1.807) is 12.4 Å². The lowest BCUT2D eigenvalue weighted by Gasteiger charge is -2.04. The van der Waals surface area contributed by atoms with E-state index >= 15 is 0 Å². The summed E-state index contributed by atoms with van der Waals surface area (Å²) in [6.07, 6.45) is 4.88. The van der Waals surface area contributed by atoms with Gasteiger partial charge in [-0.15, -0.1) is 11.3 Å². The number of carbonyl (C=O) groups excluding carboxylic acids is 1. The smallest absolute Gasteiger partial charge is 0.330 e. The number of pyridine rings is 1. The van der Waals surface area contributed by atoms with E-state index in [1.165, 1.54) is 24.5 Å². The molecule has 2 rings (SSSR count). The Morgan fingerprint density at radius 1 is 1.41 bits per heavy atom. The van der Waals surface area contributed by atoms with Crippen molar-refractivity contribution in [2.75, 3.05) is 21.2 Å². The van der Waals surface area contributed by atoms with Gasteiger partial charge in [0.15, 0.2) is 0 Å². The van der Waals surface area contributed by atoms with Gasteiger partial charge in [0.05, 0.1) is 24.0 Å². The van der Waals surface area contributed by atoms with Crippen molar-refractivity contribution in [2.24, 2.45) is 4.99 Å². The highest BCUT2D eigenvalue weighted by atomic mass is 32.1. The van der Waals surface area contributed by atoms with Gasteiger partial charge >= 0.3 is 5.97 Å². The highest BCUT2D eigenvalue weighted by molar-refractivity contribution is 7.20. The third kappa shape index (κ3) is 3.51. The van der Waals surface area contributed by atoms with Crippen LogP contribution in [0.15, 0.2) is 17.1 Å². The van der Waals surface area contributed by atoms with Crippen molar-refractivity contribution < 1.29 is 9.53 Å². The van der Waals surface area contributed by atoms with Gasteiger partial charge in [-0.25, -0.2) is 14.8 Å². The Morgan fingerprint density at radius 2 is 2.14 bits per heavy atom. The van der Waals surface area contributed by atoms with E-state index in [1.807, 2.05) is 38.9 Å². The number of aryl methyl sites for hydroxylation is 2. The molecule has 2 heterocycles. The van der Waals surface area contributed by atoms with Gasteiger partial charge < -0.3 is 9.64 Å². The van der Waals surface area contributed by atoms with Crippen LogP contribution >= 0.6 is 11.3 Å². The summed E-state index contributed by atoms with van der Waals surface area (Å²) in [6.45, 7) is 4.02. The SMILES string of the molecule is COC(=O)C=Cc1sc2nc(C)cc(C)c2c1N=CN(C)C. The molecule has 22 heavy (non-hydrogen) atoms. The van der Waals surface area contributed by atoms with Crippen LogP contribution in [-0.2, 0) is 9.53 Å². The summed E-state index contributed by atoms with van der Waals surface area (Å²) < 4.78 is 4.64. The highest BCUT2D eigenvalue weighted by Gasteiger charge is 2.14. The number of esters is 1. The van der Waals surface area contributed by atoms with Crippen molar-refractivity contribution in [1.82, 2.24) is 9.88 Å². The molecule has 116 valence electrons. The maximum absolute atomic E-state index is 11.3. The second kappa shape index (κ2) is 6.70. The van der Waals surface area contributed by atoms with Crippen LogP contribution < -0.4 is 0 Å². The number of ether oxygens (including phenoxy) is 1. The quantitative estimate of drug-likeness (QED) is 0.376. The maximum atomic E-state index is 11.3. The van der Waals surface area contributed by atoms with Gasteiger partial charge in [0.2, 0.25) is 0 Å². The minimum atomic E-state index is -0.388. The average Bonchev–Trinajstić information content (AvgIpc) is 2.80. The van der Waals surface area contributed by atoms with Crippen LogP contribution in [0.3, 0.4) is 0 Å². The first-order chi connectivity index (χ1) is 10.4. The molecule has 0 saturated carbocycles. The van der Waals surface area contributed by atoms with Crippen LogP contribution in [0.2, 0.25) is 0 Å². The van der Waals surface area contributed by atoms with Crippen molar-refractivity contribution in [1.29, 1.82) is 0 Å². The lowest BCUT2D eigenvalue weighted by molar-refractivity contribution is -0.134. The lowest BCUT2D eigenvalue weighted by Crippen LogP contribution is -2.07. The zero-order chi connectivity index (χ0) is 16.3. The normalized spacial score (nSPS) is 11.7. The molecule has 0 aromatic carbocycles. The number of thiophene rings is 1. The van der Waals surface area contributed by atoms with Crippen molar-refractivity contribution in [3.8, 4) is 0 Å². The Balaban J connectivity index is 2.63. The number of methoxy groups -OCH3 is 1. The number of carbonyl (C=O) groups is 1. The Bertz CT molecular complexity index is 760. The molecule has 2 aromatic heterocycles. The lowest BCUT2D eigenvalue weighted by atomic mass is 10.1. The topological polar surface area (TPSA) is 54.8 Å². The van der Waals surface area contributed by atoms with E-state index in [4.69, 9.17) is 0 Å². The number of hydrogen-bond donors (Lipinski definition) is 0. The Hall–Kier alpha value is -2.21. The van der Waals surface area contributed by atoms with E-state index in [2.05, 4.69) is 14.7 Å². The van der Waals surface area contributed by atoms with E-state index in [0.29, 0.717) is 0 Å². The molecule has 2 aromatic rings. The van der Waals surface area contributed by atoms with E-state index in [0.717, 1.165) is 32.0 Å². The molecule has 0 saturated heterocycles. The summed E-state index contributed by atoms with van der Waals surface area (Å²) in [5.41, 5.74) is 2.93. The van der Waals surface area contributed by atoms with Crippen LogP contribution in [0, 0.1) is 13.8 Å². The van der Waals surface area contributed by atoms with Gasteiger partial charge in [0, 0.05) is 31.3 Å². The summed E-state index contributed by atoms with van der Waals surface area (Å²) >= 11 is 1.52. The second-order valence-corrected chi connectivity index (χ2v) is 6.17. The molecular weight excluding hydrogens is 298 g/mol. The summed E-state index contributed by atoms with van der Waals surface area (Å²) in [6, 6.07) is 2.04. The van der Waals surface area contributed by atoms with Gasteiger partial charge in [-0.2, -0.15) is 0 Å². The zero-order valence-corrected chi connectivity index (χ0v) is 14.2. The van der Waals surface area contributed by atoms with Gasteiger partial charge in [-0.3, -0.25) is 0 Å². The number of nitrogens with zero attached hydrogens (tertiary/aromatic N) is 3. The van der Waals surface area contributed by atoms with Gasteiger partial charge in [-0.05, 0) is 31.6 Å². The Labute approximate surface area is 133 Å². The number of hydrogen-bond acceptors (Lipinski definition) is 5. The van der Waals surface area contributed by atoms with Crippen molar-refractivity contribution in [3.05, 3.63) is 28.3 Å². The molecule has 0 bridgehead atoms. The van der Waals surface area contributed by atoms with E-state index in [-0.39, 0.29) is 5.97 Å². The molecule has 0 aliphatic rings. The fourth-order valence-electron chi connectivity index (χ4n) is 2.07. The Morgan fingerprint density at radius 3 is 2.77 bits per heavy atom. The number of aliphatic imine (C=N–C) groups is 1. The zero-order valence-electron chi connectivity index (χ0n) is 13.4. The molecule has 5 nitrogen and oxygen atoms in total. The van der Waals surface area contributed by atoms with Crippen LogP contribution in [0.25, 0.3) is 16.3 Å². The van der Waals surface area contributed by atoms with Crippen molar-refractivity contribution >= 4 is 45.6 Å². The molecule has 6 heteroatoms. The molecule has 0 radical (unpaired) electrons. The maximum Gasteiger partial charge on any atom is 0.330 e. The van der Waals surface area contributed by atoms with Gasteiger partial charge in [0.25, 0.3) is 0 Å². The second-order valence-electron chi connectivity index (χ2n) is 5.14. The fourth-order valence-corrected chi connectivity index (χ4v) is 3.21. The molecule has 0 spiro atoms. The number of fused-ring (bicyclic) bond motifs is 1. The van der Waals surface area contributed by atoms with Crippen LogP contribution in [0.1, 0.15) is 16.1 Å². The largest absolute Gasteiger partial charge is 0.466 e. The third-order valence-corrected chi connectivity index (χ3v) is 4.02. The molecular formula is C16H19N3O2S. The molecule has 0 atom stereocenters.